The molecule has 0 unspecified atom stereocenters. The summed E-state index contributed by atoms with van der Waals surface area (Å²) in [6.07, 6.45) is 3.89. The summed E-state index contributed by atoms with van der Waals surface area (Å²) >= 11 is 1.74. The van der Waals surface area contributed by atoms with Crippen LogP contribution in [0.25, 0.3) is 10.2 Å². The van der Waals surface area contributed by atoms with Crippen molar-refractivity contribution in [1.82, 2.24) is 20.1 Å². The summed E-state index contributed by atoms with van der Waals surface area (Å²) in [7, 11) is 1.97. The number of nitrogens with one attached hydrogen (secondary N) is 1. The van der Waals surface area contributed by atoms with Crippen molar-refractivity contribution >= 4 is 21.6 Å². The molecule has 0 saturated heterocycles. The van der Waals surface area contributed by atoms with Crippen molar-refractivity contribution in [3.05, 3.63) is 46.7 Å². The van der Waals surface area contributed by atoms with E-state index in [2.05, 4.69) is 46.8 Å². The summed E-state index contributed by atoms with van der Waals surface area (Å²) < 4.78 is 3.15. The molecule has 0 radical (unpaired) electrons. The van der Waals surface area contributed by atoms with Gasteiger partial charge in [0.15, 0.2) is 0 Å². The molecule has 0 bridgehead atoms. The highest BCUT2D eigenvalue weighted by molar-refractivity contribution is 7.17. The first-order valence-electron chi connectivity index (χ1n) is 6.69. The predicted octanol–water partition coefficient (Wildman–Crippen LogP) is 3.19. The molecule has 3 heterocycles. The summed E-state index contributed by atoms with van der Waals surface area (Å²) in [6.45, 7) is 5.08. The first kappa shape index (κ1) is 13.3. The van der Waals surface area contributed by atoms with E-state index >= 15 is 0 Å². The lowest BCUT2D eigenvalue weighted by Crippen LogP contribution is -2.18. The highest BCUT2D eigenvalue weighted by Crippen LogP contribution is 2.22. The molecule has 3 aromatic heterocycles. The average Bonchev–Trinajstić information content (AvgIpc) is 3.04. The molecule has 3 aromatic rings. The minimum absolute atomic E-state index is 0.272. The molecule has 104 valence electrons. The smallest absolute Gasteiger partial charge is 0.0809 e. The van der Waals surface area contributed by atoms with Crippen LogP contribution in [0.5, 0.6) is 0 Å². The zero-order chi connectivity index (χ0) is 14.1. The minimum Gasteiger partial charge on any atom is -0.306 e. The standard InChI is InChI=1S/C15H18N4S/c1-10(16-8-13-9-18-19(3)11(13)2)12-6-15-14(17-7-12)4-5-20-15/h4-7,9-10,16H,8H2,1-3H3/t10-/m0/s1. The molecule has 0 saturated carbocycles. The summed E-state index contributed by atoms with van der Waals surface area (Å²) in [5.74, 6) is 0. The average molecular weight is 286 g/mol. The van der Waals surface area contributed by atoms with Gasteiger partial charge in [0.05, 0.1) is 16.4 Å². The Morgan fingerprint density at radius 1 is 1.40 bits per heavy atom. The molecule has 0 spiro atoms. The van der Waals surface area contributed by atoms with Crippen molar-refractivity contribution in [1.29, 1.82) is 0 Å². The number of hydrogen-bond acceptors (Lipinski definition) is 4. The Bertz CT molecular complexity index is 728. The molecule has 1 atom stereocenters. The van der Waals surface area contributed by atoms with E-state index in [9.17, 15) is 0 Å². The maximum absolute atomic E-state index is 4.49. The van der Waals surface area contributed by atoms with E-state index in [-0.39, 0.29) is 6.04 Å². The van der Waals surface area contributed by atoms with Crippen molar-refractivity contribution in [2.75, 3.05) is 0 Å². The molecule has 20 heavy (non-hydrogen) atoms. The molecule has 5 heteroatoms. The van der Waals surface area contributed by atoms with Gasteiger partial charge in [0.25, 0.3) is 0 Å². The normalized spacial score (nSPS) is 12.9. The van der Waals surface area contributed by atoms with Crippen LogP contribution in [0.4, 0.5) is 0 Å². The summed E-state index contributed by atoms with van der Waals surface area (Å²) in [5, 5.41) is 9.89. The number of aryl methyl sites for hydroxylation is 1. The number of thiophene rings is 1. The Hall–Kier alpha value is -1.72. The molecule has 1 N–H and O–H groups in total. The molecule has 0 fully saturated rings. The van der Waals surface area contributed by atoms with E-state index in [1.54, 1.807) is 11.3 Å². The zero-order valence-electron chi connectivity index (χ0n) is 11.9. The van der Waals surface area contributed by atoms with E-state index in [1.165, 1.54) is 21.5 Å². The van der Waals surface area contributed by atoms with E-state index in [0.29, 0.717) is 0 Å². The van der Waals surface area contributed by atoms with E-state index in [1.807, 2.05) is 24.1 Å². The lowest BCUT2D eigenvalue weighted by molar-refractivity contribution is 0.572. The van der Waals surface area contributed by atoms with Gasteiger partial charge in [0.1, 0.15) is 0 Å². The monoisotopic (exact) mass is 286 g/mol. The minimum atomic E-state index is 0.272. The number of pyridine rings is 1. The fourth-order valence-corrected chi connectivity index (χ4v) is 2.99. The maximum Gasteiger partial charge on any atom is 0.0809 e. The van der Waals surface area contributed by atoms with Gasteiger partial charge in [-0.15, -0.1) is 11.3 Å². The molecule has 0 aromatic carbocycles. The van der Waals surface area contributed by atoms with Crippen LogP contribution in [-0.2, 0) is 13.6 Å². The van der Waals surface area contributed by atoms with Crippen LogP contribution in [0.3, 0.4) is 0 Å². The van der Waals surface area contributed by atoms with Crippen LogP contribution in [0.1, 0.15) is 29.8 Å². The van der Waals surface area contributed by atoms with Crippen molar-refractivity contribution in [2.24, 2.45) is 7.05 Å². The van der Waals surface area contributed by atoms with E-state index in [0.717, 1.165) is 12.1 Å². The topological polar surface area (TPSA) is 42.7 Å². The Morgan fingerprint density at radius 3 is 3.00 bits per heavy atom. The zero-order valence-corrected chi connectivity index (χ0v) is 12.7. The number of aromatic nitrogens is 3. The number of nitrogens with zero attached hydrogens (tertiary/aromatic N) is 3. The highest BCUT2D eigenvalue weighted by Gasteiger charge is 2.09. The second kappa shape index (κ2) is 5.34. The van der Waals surface area contributed by atoms with Gasteiger partial charge in [0, 0.05) is 37.1 Å². The quantitative estimate of drug-likeness (QED) is 0.801. The van der Waals surface area contributed by atoms with Crippen molar-refractivity contribution in [3.8, 4) is 0 Å². The molecule has 3 rings (SSSR count). The lowest BCUT2D eigenvalue weighted by atomic mass is 10.1. The Morgan fingerprint density at radius 2 is 2.25 bits per heavy atom. The number of hydrogen-bond donors (Lipinski definition) is 1. The first-order chi connectivity index (χ1) is 9.65. The highest BCUT2D eigenvalue weighted by atomic mass is 32.1. The van der Waals surface area contributed by atoms with E-state index < -0.39 is 0 Å². The molecule has 0 aliphatic rings. The summed E-state index contributed by atoms with van der Waals surface area (Å²) in [5.41, 5.74) is 4.75. The molecule has 0 amide bonds. The molecular weight excluding hydrogens is 268 g/mol. The Balaban J connectivity index is 1.72. The van der Waals surface area contributed by atoms with Crippen molar-refractivity contribution < 1.29 is 0 Å². The summed E-state index contributed by atoms with van der Waals surface area (Å²) in [6, 6.07) is 4.55. The maximum atomic E-state index is 4.49. The van der Waals surface area contributed by atoms with Gasteiger partial charge in [-0.2, -0.15) is 5.10 Å². The van der Waals surface area contributed by atoms with Crippen molar-refractivity contribution in [2.45, 2.75) is 26.4 Å². The second-order valence-electron chi connectivity index (χ2n) is 5.05. The van der Waals surface area contributed by atoms with Gasteiger partial charge < -0.3 is 5.32 Å². The van der Waals surface area contributed by atoms with Gasteiger partial charge in [-0.3, -0.25) is 9.67 Å². The van der Waals surface area contributed by atoms with Gasteiger partial charge in [-0.25, -0.2) is 0 Å². The first-order valence-corrected chi connectivity index (χ1v) is 7.57. The molecule has 4 nitrogen and oxygen atoms in total. The molecule has 0 aliphatic heterocycles. The third-order valence-corrected chi connectivity index (χ3v) is 4.61. The SMILES string of the molecule is Cc1c(CN[C@@H](C)c2cnc3ccsc3c2)cnn1C. The van der Waals surface area contributed by atoms with Crippen LogP contribution in [-0.4, -0.2) is 14.8 Å². The van der Waals surface area contributed by atoms with Gasteiger partial charge in [-0.1, -0.05) is 0 Å². The molecule has 0 aliphatic carbocycles. The van der Waals surface area contributed by atoms with Gasteiger partial charge >= 0.3 is 0 Å². The third kappa shape index (κ3) is 2.46. The summed E-state index contributed by atoms with van der Waals surface area (Å²) in [4.78, 5) is 4.49. The Kier molecular flexibility index (Phi) is 3.54. The van der Waals surface area contributed by atoms with Crippen molar-refractivity contribution in [3.63, 3.8) is 0 Å². The van der Waals surface area contributed by atoms with E-state index in [4.69, 9.17) is 0 Å². The van der Waals surface area contributed by atoms with Crippen LogP contribution < -0.4 is 5.32 Å². The second-order valence-corrected chi connectivity index (χ2v) is 6.00. The Labute approximate surface area is 122 Å². The fraction of sp³-hybridized carbons (Fsp3) is 0.333. The fourth-order valence-electron chi connectivity index (χ4n) is 2.20. The number of rotatable bonds is 4. The van der Waals surface area contributed by atoms with Crippen LogP contribution in [0.15, 0.2) is 29.9 Å². The largest absolute Gasteiger partial charge is 0.306 e. The molecular formula is C15H18N4S. The van der Waals surface area contributed by atoms with Crippen LogP contribution in [0, 0.1) is 6.92 Å². The van der Waals surface area contributed by atoms with Crippen LogP contribution in [0.2, 0.25) is 0 Å². The number of fused-ring (bicyclic) bond motifs is 1. The lowest BCUT2D eigenvalue weighted by Gasteiger charge is -2.13. The van der Waals surface area contributed by atoms with Crippen LogP contribution >= 0.6 is 11.3 Å². The van der Waals surface area contributed by atoms with Gasteiger partial charge in [-0.05, 0) is 36.9 Å². The predicted molar refractivity (Wildman–Crippen MR) is 82.8 cm³/mol. The van der Waals surface area contributed by atoms with Gasteiger partial charge in [0.2, 0.25) is 0 Å². The third-order valence-electron chi connectivity index (χ3n) is 3.76.